The minimum absolute atomic E-state index is 0.117. The third-order valence-corrected chi connectivity index (χ3v) is 3.03. The topological polar surface area (TPSA) is 48.1 Å². The maximum absolute atomic E-state index is 5.47. The zero-order valence-electron chi connectivity index (χ0n) is 8.99. The number of ether oxygens (including phenoxy) is 1. The Hall–Kier alpha value is -0.450. The minimum Gasteiger partial charge on any atom is -0.374 e. The zero-order valence-corrected chi connectivity index (χ0v) is 9.80. The van der Waals surface area contributed by atoms with Crippen molar-refractivity contribution in [1.82, 2.24) is 4.98 Å². The van der Waals surface area contributed by atoms with Crippen LogP contribution < -0.4 is 5.73 Å². The highest BCUT2D eigenvalue weighted by molar-refractivity contribution is 7.09. The van der Waals surface area contributed by atoms with Crippen LogP contribution in [0, 0.1) is 5.92 Å². The van der Waals surface area contributed by atoms with Crippen molar-refractivity contribution < 1.29 is 4.74 Å². The summed E-state index contributed by atoms with van der Waals surface area (Å²) in [6, 6.07) is 0. The summed E-state index contributed by atoms with van der Waals surface area (Å²) in [5, 5.41) is 3.13. The predicted molar refractivity (Wildman–Crippen MR) is 59.5 cm³/mol. The van der Waals surface area contributed by atoms with Crippen LogP contribution in [0.5, 0.6) is 0 Å². The Balaban J connectivity index is 2.73. The molecule has 0 aromatic carbocycles. The number of aromatic nitrogens is 1. The lowest BCUT2D eigenvalue weighted by Gasteiger charge is -2.15. The van der Waals surface area contributed by atoms with Crippen molar-refractivity contribution in [3.8, 4) is 0 Å². The molecule has 0 aliphatic heterocycles. The van der Waals surface area contributed by atoms with Gasteiger partial charge in [-0.25, -0.2) is 4.98 Å². The van der Waals surface area contributed by atoms with Crippen LogP contribution in [-0.4, -0.2) is 18.6 Å². The second-order valence-electron chi connectivity index (χ2n) is 3.62. The molecular formula is C10H18N2OS. The monoisotopic (exact) mass is 214 g/mol. The highest BCUT2D eigenvalue weighted by atomic mass is 32.1. The highest BCUT2D eigenvalue weighted by Crippen LogP contribution is 2.27. The average Bonchev–Trinajstić information content (AvgIpc) is 2.54. The Kier molecular flexibility index (Phi) is 4.51. The average molecular weight is 214 g/mol. The van der Waals surface area contributed by atoms with Gasteiger partial charge in [-0.1, -0.05) is 13.8 Å². The van der Waals surface area contributed by atoms with E-state index < -0.39 is 0 Å². The Labute approximate surface area is 89.3 Å². The first-order chi connectivity index (χ1) is 6.69. The Morgan fingerprint density at radius 2 is 2.29 bits per heavy atom. The van der Waals surface area contributed by atoms with Crippen LogP contribution in [0.3, 0.4) is 0 Å². The molecule has 1 rings (SSSR count). The van der Waals surface area contributed by atoms with Crippen molar-refractivity contribution in [2.24, 2.45) is 11.7 Å². The molecule has 14 heavy (non-hydrogen) atoms. The Morgan fingerprint density at radius 3 is 2.79 bits per heavy atom. The summed E-state index contributed by atoms with van der Waals surface area (Å²) in [5.41, 5.74) is 6.55. The van der Waals surface area contributed by atoms with E-state index in [1.54, 1.807) is 18.4 Å². The third-order valence-electron chi connectivity index (χ3n) is 2.07. The summed E-state index contributed by atoms with van der Waals surface area (Å²) in [4.78, 5) is 4.51. The molecular weight excluding hydrogens is 196 g/mol. The van der Waals surface area contributed by atoms with E-state index in [1.165, 1.54) is 0 Å². The maximum atomic E-state index is 5.47. The maximum Gasteiger partial charge on any atom is 0.122 e. The van der Waals surface area contributed by atoms with Crippen molar-refractivity contribution in [2.45, 2.75) is 26.4 Å². The number of nitrogens with zero attached hydrogens (tertiary/aromatic N) is 1. The number of nitrogens with two attached hydrogens (primary N) is 1. The van der Waals surface area contributed by atoms with Gasteiger partial charge < -0.3 is 10.5 Å². The molecule has 4 heteroatoms. The van der Waals surface area contributed by atoms with Gasteiger partial charge in [0.15, 0.2) is 0 Å². The van der Waals surface area contributed by atoms with Crippen molar-refractivity contribution in [3.05, 3.63) is 16.1 Å². The van der Waals surface area contributed by atoms with E-state index in [-0.39, 0.29) is 6.10 Å². The van der Waals surface area contributed by atoms with Crippen LogP contribution in [0.1, 0.15) is 30.7 Å². The van der Waals surface area contributed by atoms with Crippen molar-refractivity contribution in [3.63, 3.8) is 0 Å². The highest BCUT2D eigenvalue weighted by Gasteiger charge is 2.18. The molecule has 1 unspecified atom stereocenters. The molecule has 3 nitrogen and oxygen atoms in total. The first-order valence-electron chi connectivity index (χ1n) is 4.86. The van der Waals surface area contributed by atoms with Gasteiger partial charge in [-0.05, 0) is 12.5 Å². The van der Waals surface area contributed by atoms with Crippen molar-refractivity contribution >= 4 is 11.3 Å². The first kappa shape index (κ1) is 11.6. The lowest BCUT2D eigenvalue weighted by molar-refractivity contribution is 0.0643. The van der Waals surface area contributed by atoms with Crippen LogP contribution in [0.25, 0.3) is 0 Å². The quantitative estimate of drug-likeness (QED) is 0.815. The molecule has 0 aliphatic rings. The van der Waals surface area contributed by atoms with E-state index in [0.717, 1.165) is 17.1 Å². The molecule has 1 aromatic heterocycles. The molecule has 0 aliphatic carbocycles. The normalized spacial score (nSPS) is 13.5. The van der Waals surface area contributed by atoms with Gasteiger partial charge in [0.25, 0.3) is 0 Å². The summed E-state index contributed by atoms with van der Waals surface area (Å²) >= 11 is 1.66. The fourth-order valence-corrected chi connectivity index (χ4v) is 2.47. The number of hydrogen-bond donors (Lipinski definition) is 1. The van der Waals surface area contributed by atoms with Gasteiger partial charge in [0.1, 0.15) is 11.1 Å². The fourth-order valence-electron chi connectivity index (χ4n) is 1.37. The second kappa shape index (κ2) is 5.44. The molecule has 0 bridgehead atoms. The van der Waals surface area contributed by atoms with E-state index in [4.69, 9.17) is 10.5 Å². The molecule has 0 radical (unpaired) electrons. The minimum atomic E-state index is 0.117. The molecule has 1 heterocycles. The number of thiazole rings is 1. The lowest BCUT2D eigenvalue weighted by atomic mass is 10.1. The molecule has 1 atom stereocenters. The molecule has 0 saturated carbocycles. The summed E-state index contributed by atoms with van der Waals surface area (Å²) in [5.74, 6) is 0.455. The SMILES string of the molecule is COC(c1nc(CCN)cs1)C(C)C. The number of rotatable bonds is 5. The Morgan fingerprint density at radius 1 is 1.57 bits per heavy atom. The van der Waals surface area contributed by atoms with Crippen LogP contribution in [0.15, 0.2) is 5.38 Å². The molecule has 0 amide bonds. The summed E-state index contributed by atoms with van der Waals surface area (Å²) in [6.07, 6.45) is 0.969. The van der Waals surface area contributed by atoms with Crippen molar-refractivity contribution in [1.29, 1.82) is 0 Å². The molecule has 0 saturated heterocycles. The van der Waals surface area contributed by atoms with Gasteiger partial charge in [-0.3, -0.25) is 0 Å². The van der Waals surface area contributed by atoms with Gasteiger partial charge in [-0.2, -0.15) is 0 Å². The summed E-state index contributed by atoms with van der Waals surface area (Å²) in [6.45, 7) is 4.93. The van der Waals surface area contributed by atoms with Crippen LogP contribution in [-0.2, 0) is 11.2 Å². The molecule has 2 N–H and O–H groups in total. The second-order valence-corrected chi connectivity index (χ2v) is 4.51. The Bertz CT molecular complexity index is 273. The third kappa shape index (κ3) is 2.77. The van der Waals surface area contributed by atoms with Gasteiger partial charge in [-0.15, -0.1) is 11.3 Å². The van der Waals surface area contributed by atoms with Gasteiger partial charge in [0.05, 0.1) is 5.69 Å². The summed E-state index contributed by atoms with van der Waals surface area (Å²) < 4.78 is 5.41. The predicted octanol–water partition coefficient (Wildman–Crippen LogP) is 1.99. The molecule has 80 valence electrons. The molecule has 0 spiro atoms. The smallest absolute Gasteiger partial charge is 0.122 e. The zero-order chi connectivity index (χ0) is 10.6. The number of hydrogen-bond acceptors (Lipinski definition) is 4. The lowest BCUT2D eigenvalue weighted by Crippen LogP contribution is -2.09. The number of methoxy groups -OCH3 is 1. The largest absolute Gasteiger partial charge is 0.374 e. The van der Waals surface area contributed by atoms with E-state index in [1.807, 2.05) is 0 Å². The van der Waals surface area contributed by atoms with Crippen molar-refractivity contribution in [2.75, 3.05) is 13.7 Å². The molecule has 1 aromatic rings. The summed E-state index contributed by atoms with van der Waals surface area (Å²) in [7, 11) is 1.73. The van der Waals surface area contributed by atoms with Gasteiger partial charge >= 0.3 is 0 Å². The van der Waals surface area contributed by atoms with Crippen LogP contribution in [0.2, 0.25) is 0 Å². The van der Waals surface area contributed by atoms with Gasteiger partial charge in [0.2, 0.25) is 0 Å². The van der Waals surface area contributed by atoms with Crippen LogP contribution in [0.4, 0.5) is 0 Å². The van der Waals surface area contributed by atoms with E-state index in [9.17, 15) is 0 Å². The first-order valence-corrected chi connectivity index (χ1v) is 5.74. The van der Waals surface area contributed by atoms with Crippen LogP contribution >= 0.6 is 11.3 Å². The molecule has 0 fully saturated rings. The van der Waals surface area contributed by atoms with E-state index in [0.29, 0.717) is 12.5 Å². The van der Waals surface area contributed by atoms with E-state index >= 15 is 0 Å². The van der Waals surface area contributed by atoms with Gasteiger partial charge in [0, 0.05) is 18.9 Å². The fraction of sp³-hybridized carbons (Fsp3) is 0.700. The standard InChI is InChI=1S/C10H18N2OS/c1-7(2)9(13-3)10-12-8(4-5-11)6-14-10/h6-7,9H,4-5,11H2,1-3H3. The van der Waals surface area contributed by atoms with E-state index in [2.05, 4.69) is 24.2 Å².